The van der Waals surface area contributed by atoms with Gasteiger partial charge >= 0.3 is 0 Å². The second-order valence-electron chi connectivity index (χ2n) is 8.89. The van der Waals surface area contributed by atoms with Gasteiger partial charge in [-0.15, -0.1) is 0 Å². The molecule has 0 spiro atoms. The molecule has 8 nitrogen and oxygen atoms in total. The molecule has 188 valence electrons. The summed E-state index contributed by atoms with van der Waals surface area (Å²) in [6.07, 6.45) is 4.36. The van der Waals surface area contributed by atoms with Crippen LogP contribution in [-0.2, 0) is 0 Å². The van der Waals surface area contributed by atoms with E-state index in [0.29, 0.717) is 31.0 Å². The number of hydrogen-bond donors (Lipinski definition) is 1. The van der Waals surface area contributed by atoms with Gasteiger partial charge in [-0.2, -0.15) is 10.5 Å². The standard InChI is InChI=1S/C28H28FN7O/c1-3-35(4-2)28-32-16-22(17-33-28)26(21-8-5-19(14-30)6-9-21)36-12-11-23(18-36)34-27(37)24-10-7-20(15-31)13-25(24)29/h5-10,13,16-17,23,26H,3-4,11-12,18H2,1-2H3,(H,34,37)/t23-,26?/m1/s1. The molecule has 1 fully saturated rings. The number of anilines is 1. The van der Waals surface area contributed by atoms with Crippen molar-refractivity contribution in [3.8, 4) is 12.1 Å². The van der Waals surface area contributed by atoms with Crippen LogP contribution in [0.25, 0.3) is 0 Å². The highest BCUT2D eigenvalue weighted by Gasteiger charge is 2.32. The maximum atomic E-state index is 14.3. The van der Waals surface area contributed by atoms with Crippen molar-refractivity contribution in [2.75, 3.05) is 31.1 Å². The summed E-state index contributed by atoms with van der Waals surface area (Å²) >= 11 is 0. The van der Waals surface area contributed by atoms with Gasteiger partial charge in [0.15, 0.2) is 0 Å². The normalized spacial score (nSPS) is 16.0. The van der Waals surface area contributed by atoms with Crippen LogP contribution in [0.1, 0.15) is 58.9 Å². The second kappa shape index (κ2) is 11.6. The van der Waals surface area contributed by atoms with Crippen molar-refractivity contribution in [3.05, 3.63) is 88.5 Å². The molecule has 3 aromatic rings. The molecule has 1 unspecified atom stereocenters. The minimum Gasteiger partial charge on any atom is -0.348 e. The van der Waals surface area contributed by atoms with Crippen LogP contribution in [0.2, 0.25) is 0 Å². The number of amides is 1. The fraction of sp³-hybridized carbons (Fsp3) is 0.321. The van der Waals surface area contributed by atoms with Crippen LogP contribution >= 0.6 is 0 Å². The van der Waals surface area contributed by atoms with Crippen LogP contribution in [-0.4, -0.2) is 53.0 Å². The molecule has 1 N–H and O–H groups in total. The monoisotopic (exact) mass is 497 g/mol. The molecule has 37 heavy (non-hydrogen) atoms. The van der Waals surface area contributed by atoms with Crippen molar-refractivity contribution in [1.29, 1.82) is 10.5 Å². The zero-order valence-corrected chi connectivity index (χ0v) is 20.9. The van der Waals surface area contributed by atoms with E-state index in [1.165, 1.54) is 12.1 Å². The molecule has 0 radical (unpaired) electrons. The Morgan fingerprint density at radius 2 is 1.73 bits per heavy atom. The van der Waals surface area contributed by atoms with E-state index in [9.17, 15) is 14.4 Å². The summed E-state index contributed by atoms with van der Waals surface area (Å²) < 4.78 is 14.3. The molecule has 2 heterocycles. The van der Waals surface area contributed by atoms with Crippen molar-refractivity contribution in [1.82, 2.24) is 20.2 Å². The minimum absolute atomic E-state index is 0.0820. The maximum absolute atomic E-state index is 14.3. The van der Waals surface area contributed by atoms with Crippen molar-refractivity contribution in [3.63, 3.8) is 0 Å². The number of likely N-dealkylation sites (tertiary alicyclic amines) is 1. The molecule has 0 bridgehead atoms. The van der Waals surface area contributed by atoms with Crippen molar-refractivity contribution >= 4 is 11.9 Å². The number of nitriles is 2. The predicted octanol–water partition coefficient (Wildman–Crippen LogP) is 3.80. The number of nitrogens with one attached hydrogen (secondary N) is 1. The van der Waals surface area contributed by atoms with Gasteiger partial charge in [0.1, 0.15) is 5.82 Å². The number of aromatic nitrogens is 2. The lowest BCUT2D eigenvalue weighted by Crippen LogP contribution is -2.38. The molecule has 0 saturated carbocycles. The lowest BCUT2D eigenvalue weighted by atomic mass is 9.98. The van der Waals surface area contributed by atoms with Gasteiger partial charge in [-0.1, -0.05) is 12.1 Å². The fourth-order valence-electron chi connectivity index (χ4n) is 4.67. The molecular weight excluding hydrogens is 469 g/mol. The third-order valence-corrected chi connectivity index (χ3v) is 6.64. The van der Waals surface area contributed by atoms with Gasteiger partial charge in [-0.05, 0) is 56.2 Å². The van der Waals surface area contributed by atoms with E-state index in [4.69, 9.17) is 5.26 Å². The lowest BCUT2D eigenvalue weighted by Gasteiger charge is -2.29. The first-order chi connectivity index (χ1) is 18.0. The smallest absolute Gasteiger partial charge is 0.254 e. The molecule has 2 atom stereocenters. The van der Waals surface area contributed by atoms with Crippen LogP contribution in [0.4, 0.5) is 10.3 Å². The van der Waals surface area contributed by atoms with Crippen molar-refractivity contribution in [2.24, 2.45) is 0 Å². The molecule has 1 aromatic heterocycles. The zero-order chi connectivity index (χ0) is 26.4. The third kappa shape index (κ3) is 5.74. The SMILES string of the molecule is CCN(CC)c1ncc(C(c2ccc(C#N)cc2)N2CC[C@@H](NC(=O)c3ccc(C#N)cc3F)C2)cn1. The van der Waals surface area contributed by atoms with Gasteiger partial charge in [-0.3, -0.25) is 9.69 Å². The van der Waals surface area contributed by atoms with E-state index in [1.807, 2.05) is 30.6 Å². The first-order valence-corrected chi connectivity index (χ1v) is 12.3. The van der Waals surface area contributed by atoms with Crippen molar-refractivity contribution < 1.29 is 9.18 Å². The Bertz CT molecular complexity index is 1320. The first kappa shape index (κ1) is 25.7. The van der Waals surface area contributed by atoms with Gasteiger partial charge in [0, 0.05) is 50.2 Å². The third-order valence-electron chi connectivity index (χ3n) is 6.64. The number of nitrogens with zero attached hydrogens (tertiary/aromatic N) is 6. The average Bonchev–Trinajstić information content (AvgIpc) is 3.38. The molecular formula is C28H28FN7O. The topological polar surface area (TPSA) is 109 Å². The number of halogens is 1. The number of hydrogen-bond acceptors (Lipinski definition) is 7. The highest BCUT2D eigenvalue weighted by Crippen LogP contribution is 2.32. The Hall–Kier alpha value is -4.34. The molecule has 1 aliphatic heterocycles. The summed E-state index contributed by atoms with van der Waals surface area (Å²) in [6.45, 7) is 6.98. The van der Waals surface area contributed by atoms with E-state index < -0.39 is 11.7 Å². The Morgan fingerprint density at radius 1 is 1.08 bits per heavy atom. The van der Waals surface area contributed by atoms with Gasteiger partial charge in [0.25, 0.3) is 5.91 Å². The van der Waals surface area contributed by atoms with Crippen molar-refractivity contribution in [2.45, 2.75) is 32.4 Å². The molecule has 0 aliphatic carbocycles. The summed E-state index contributed by atoms with van der Waals surface area (Å²) in [6, 6.07) is 14.9. The summed E-state index contributed by atoms with van der Waals surface area (Å²) in [7, 11) is 0. The first-order valence-electron chi connectivity index (χ1n) is 12.3. The summed E-state index contributed by atoms with van der Waals surface area (Å²) in [5.74, 6) is -0.550. The van der Waals surface area contributed by atoms with Gasteiger partial charge in [0.2, 0.25) is 5.95 Å². The number of benzene rings is 2. The summed E-state index contributed by atoms with van der Waals surface area (Å²) in [4.78, 5) is 26.3. The molecule has 1 aliphatic rings. The van der Waals surface area contributed by atoms with Crippen LogP contribution in [0.15, 0.2) is 54.9 Å². The van der Waals surface area contributed by atoms with Crippen LogP contribution in [0.3, 0.4) is 0 Å². The second-order valence-corrected chi connectivity index (χ2v) is 8.89. The largest absolute Gasteiger partial charge is 0.348 e. The number of rotatable bonds is 8. The quantitative estimate of drug-likeness (QED) is 0.504. The molecule has 4 rings (SSSR count). The van der Waals surface area contributed by atoms with E-state index in [1.54, 1.807) is 12.1 Å². The minimum atomic E-state index is -0.715. The van der Waals surface area contributed by atoms with E-state index in [0.717, 1.165) is 30.3 Å². The van der Waals surface area contributed by atoms with E-state index in [2.05, 4.69) is 45.0 Å². The average molecular weight is 498 g/mol. The number of carbonyl (C=O) groups is 1. The van der Waals surface area contributed by atoms with E-state index >= 15 is 0 Å². The molecule has 1 amide bonds. The Balaban J connectivity index is 1.55. The zero-order valence-electron chi connectivity index (χ0n) is 20.9. The Kier molecular flexibility index (Phi) is 8.07. The lowest BCUT2D eigenvalue weighted by molar-refractivity contribution is 0.0933. The van der Waals surface area contributed by atoms with Gasteiger partial charge in [-0.25, -0.2) is 14.4 Å². The fourth-order valence-corrected chi connectivity index (χ4v) is 4.67. The van der Waals surface area contributed by atoms with Gasteiger partial charge < -0.3 is 10.2 Å². The molecule has 1 saturated heterocycles. The highest BCUT2D eigenvalue weighted by atomic mass is 19.1. The summed E-state index contributed by atoms with van der Waals surface area (Å²) in [5.41, 5.74) is 2.56. The maximum Gasteiger partial charge on any atom is 0.254 e. The predicted molar refractivity (Wildman–Crippen MR) is 137 cm³/mol. The Morgan fingerprint density at radius 3 is 2.32 bits per heavy atom. The van der Waals surface area contributed by atoms with E-state index in [-0.39, 0.29) is 23.2 Å². The van der Waals surface area contributed by atoms with Crippen LogP contribution < -0.4 is 10.2 Å². The molecule has 9 heteroatoms. The van der Waals surface area contributed by atoms with Crippen LogP contribution in [0, 0.1) is 28.5 Å². The Labute approximate surface area is 216 Å². The van der Waals surface area contributed by atoms with Gasteiger partial charge in [0.05, 0.1) is 34.9 Å². The highest BCUT2D eigenvalue weighted by molar-refractivity contribution is 5.94. The van der Waals surface area contributed by atoms with Crippen LogP contribution in [0.5, 0.6) is 0 Å². The number of carbonyl (C=O) groups excluding carboxylic acids is 1. The molecule has 2 aromatic carbocycles. The summed E-state index contributed by atoms with van der Waals surface area (Å²) in [5, 5.41) is 21.1.